The summed E-state index contributed by atoms with van der Waals surface area (Å²) < 4.78 is 21.5. The third-order valence-corrected chi connectivity index (χ3v) is 3.85. The minimum absolute atomic E-state index is 0.268. The first-order valence-corrected chi connectivity index (χ1v) is 7.82. The van der Waals surface area contributed by atoms with E-state index in [0.29, 0.717) is 32.5 Å². The number of furan rings is 1. The SMILES string of the molecule is CCOC(=O)c1c(C)oc2cc(Br)c(OC(C)C(=O)OC)cc12. The Morgan fingerprint density at radius 2 is 2.04 bits per heavy atom. The Labute approximate surface area is 141 Å². The van der Waals surface area contributed by atoms with Crippen LogP contribution in [0.1, 0.15) is 30.0 Å². The van der Waals surface area contributed by atoms with Crippen LogP contribution in [0.25, 0.3) is 11.0 Å². The number of rotatable bonds is 5. The fourth-order valence-corrected chi connectivity index (χ4v) is 2.59. The molecule has 1 heterocycles. The highest BCUT2D eigenvalue weighted by Crippen LogP contribution is 2.35. The van der Waals surface area contributed by atoms with Gasteiger partial charge in [0.15, 0.2) is 6.10 Å². The summed E-state index contributed by atoms with van der Waals surface area (Å²) in [7, 11) is 1.29. The monoisotopic (exact) mass is 384 g/mol. The molecule has 0 fully saturated rings. The summed E-state index contributed by atoms with van der Waals surface area (Å²) in [4.78, 5) is 23.6. The van der Waals surface area contributed by atoms with E-state index in [1.54, 1.807) is 32.9 Å². The maximum Gasteiger partial charge on any atom is 0.346 e. The highest BCUT2D eigenvalue weighted by molar-refractivity contribution is 9.10. The molecule has 0 spiro atoms. The fraction of sp³-hybridized carbons (Fsp3) is 0.375. The second-order valence-corrected chi connectivity index (χ2v) is 5.67. The summed E-state index contributed by atoms with van der Waals surface area (Å²) in [6.45, 7) is 5.27. The van der Waals surface area contributed by atoms with Crippen LogP contribution in [-0.2, 0) is 14.3 Å². The summed E-state index contributed by atoms with van der Waals surface area (Å²) in [5, 5.41) is 0.566. The number of hydrogen-bond acceptors (Lipinski definition) is 6. The van der Waals surface area contributed by atoms with Crippen molar-refractivity contribution in [1.82, 2.24) is 0 Å². The number of halogens is 1. The Hall–Kier alpha value is -2.02. The lowest BCUT2D eigenvalue weighted by molar-refractivity contribution is -0.147. The second-order valence-electron chi connectivity index (χ2n) is 4.82. The number of ether oxygens (including phenoxy) is 3. The Balaban J connectivity index is 2.48. The zero-order chi connectivity index (χ0) is 17.1. The average molecular weight is 385 g/mol. The molecule has 0 aliphatic carbocycles. The van der Waals surface area contributed by atoms with E-state index in [1.165, 1.54) is 7.11 Å². The van der Waals surface area contributed by atoms with Crippen molar-refractivity contribution in [2.24, 2.45) is 0 Å². The smallest absolute Gasteiger partial charge is 0.346 e. The maximum atomic E-state index is 12.1. The predicted octanol–water partition coefficient (Wildman–Crippen LogP) is 3.62. The van der Waals surface area contributed by atoms with Crippen LogP contribution in [0, 0.1) is 6.92 Å². The van der Waals surface area contributed by atoms with Crippen LogP contribution in [0.3, 0.4) is 0 Å². The molecule has 1 atom stereocenters. The molecule has 0 aliphatic heterocycles. The first-order valence-electron chi connectivity index (χ1n) is 7.03. The Kier molecular flexibility index (Phi) is 5.30. The van der Waals surface area contributed by atoms with E-state index >= 15 is 0 Å². The van der Waals surface area contributed by atoms with E-state index in [9.17, 15) is 9.59 Å². The lowest BCUT2D eigenvalue weighted by atomic mass is 10.1. The lowest BCUT2D eigenvalue weighted by Gasteiger charge is -2.13. The molecule has 0 bridgehead atoms. The number of carbonyl (C=O) groups excluding carboxylic acids is 2. The van der Waals surface area contributed by atoms with Crippen LogP contribution in [-0.4, -0.2) is 31.8 Å². The van der Waals surface area contributed by atoms with Crippen LogP contribution in [0.4, 0.5) is 0 Å². The predicted molar refractivity (Wildman–Crippen MR) is 86.7 cm³/mol. The van der Waals surface area contributed by atoms with Gasteiger partial charge in [-0.05, 0) is 48.8 Å². The molecule has 1 aromatic heterocycles. The number of hydrogen-bond donors (Lipinski definition) is 0. The maximum absolute atomic E-state index is 12.1. The van der Waals surface area contributed by atoms with Gasteiger partial charge in [-0.15, -0.1) is 0 Å². The van der Waals surface area contributed by atoms with Crippen molar-refractivity contribution in [1.29, 1.82) is 0 Å². The zero-order valence-corrected chi connectivity index (χ0v) is 14.9. The molecule has 0 saturated carbocycles. The molecule has 0 radical (unpaired) electrons. The van der Waals surface area contributed by atoms with Gasteiger partial charge in [0.2, 0.25) is 0 Å². The van der Waals surface area contributed by atoms with Crippen LogP contribution >= 0.6 is 15.9 Å². The second kappa shape index (κ2) is 7.04. The van der Waals surface area contributed by atoms with E-state index in [4.69, 9.17) is 13.9 Å². The summed E-state index contributed by atoms with van der Waals surface area (Å²) in [5.41, 5.74) is 0.875. The number of aryl methyl sites for hydroxylation is 1. The molecular weight excluding hydrogens is 368 g/mol. The molecule has 1 aromatic carbocycles. The van der Waals surface area contributed by atoms with Crippen molar-refractivity contribution in [3.8, 4) is 5.75 Å². The van der Waals surface area contributed by atoms with Gasteiger partial charge in [0, 0.05) is 5.39 Å². The molecule has 1 unspecified atom stereocenters. The van der Waals surface area contributed by atoms with E-state index in [0.717, 1.165) is 0 Å². The number of esters is 2. The van der Waals surface area contributed by atoms with Gasteiger partial charge in [-0.1, -0.05) is 0 Å². The molecule has 0 amide bonds. The van der Waals surface area contributed by atoms with Gasteiger partial charge in [-0.3, -0.25) is 0 Å². The first kappa shape index (κ1) is 17.3. The molecule has 2 aromatic rings. The average Bonchev–Trinajstić information content (AvgIpc) is 2.81. The molecular formula is C16H17BrO6. The molecule has 0 N–H and O–H groups in total. The Morgan fingerprint density at radius 1 is 1.35 bits per heavy atom. The Morgan fingerprint density at radius 3 is 2.65 bits per heavy atom. The van der Waals surface area contributed by atoms with Gasteiger partial charge in [-0.2, -0.15) is 0 Å². The van der Waals surface area contributed by atoms with Crippen molar-refractivity contribution >= 4 is 38.8 Å². The molecule has 2 rings (SSSR count). The van der Waals surface area contributed by atoms with E-state index in [2.05, 4.69) is 20.7 Å². The summed E-state index contributed by atoms with van der Waals surface area (Å²) in [6, 6.07) is 3.33. The van der Waals surface area contributed by atoms with E-state index < -0.39 is 18.0 Å². The standard InChI is InChI=1S/C16H17BrO6/c1-5-21-16(19)14-8(2)22-12-7-11(17)13(6-10(12)14)23-9(3)15(18)20-4/h6-7,9H,5H2,1-4H3. The third-order valence-electron chi connectivity index (χ3n) is 3.23. The molecule has 7 heteroatoms. The van der Waals surface area contributed by atoms with Gasteiger partial charge >= 0.3 is 11.9 Å². The first-order chi connectivity index (χ1) is 10.9. The van der Waals surface area contributed by atoms with Crippen LogP contribution in [0.2, 0.25) is 0 Å². The van der Waals surface area contributed by atoms with Crippen LogP contribution in [0.15, 0.2) is 21.0 Å². The number of methoxy groups -OCH3 is 1. The summed E-state index contributed by atoms with van der Waals surface area (Å²) in [5.74, 6) is -0.0886. The minimum Gasteiger partial charge on any atom is -0.478 e. The van der Waals surface area contributed by atoms with Crippen molar-refractivity contribution in [3.63, 3.8) is 0 Å². The molecule has 0 saturated heterocycles. The normalized spacial score (nSPS) is 12.0. The number of carbonyl (C=O) groups is 2. The molecule has 0 aliphatic rings. The highest BCUT2D eigenvalue weighted by Gasteiger charge is 2.23. The Bertz CT molecular complexity index is 749. The molecule has 23 heavy (non-hydrogen) atoms. The summed E-state index contributed by atoms with van der Waals surface area (Å²) >= 11 is 3.37. The van der Waals surface area contributed by atoms with Gasteiger partial charge in [0.1, 0.15) is 22.7 Å². The largest absolute Gasteiger partial charge is 0.478 e. The lowest BCUT2D eigenvalue weighted by Crippen LogP contribution is -2.25. The van der Waals surface area contributed by atoms with Crippen LogP contribution < -0.4 is 4.74 Å². The van der Waals surface area contributed by atoms with Crippen molar-refractivity contribution < 1.29 is 28.2 Å². The van der Waals surface area contributed by atoms with Gasteiger partial charge < -0.3 is 18.6 Å². The summed E-state index contributed by atoms with van der Waals surface area (Å²) in [6.07, 6.45) is -0.784. The van der Waals surface area contributed by atoms with Gasteiger partial charge in [-0.25, -0.2) is 9.59 Å². The molecule has 6 nitrogen and oxygen atoms in total. The number of benzene rings is 1. The third kappa shape index (κ3) is 3.50. The quantitative estimate of drug-likeness (QED) is 0.732. The van der Waals surface area contributed by atoms with Crippen molar-refractivity contribution in [3.05, 3.63) is 27.9 Å². The van der Waals surface area contributed by atoms with Gasteiger partial charge in [0.05, 0.1) is 18.2 Å². The van der Waals surface area contributed by atoms with E-state index in [-0.39, 0.29) is 6.61 Å². The van der Waals surface area contributed by atoms with Crippen molar-refractivity contribution in [2.45, 2.75) is 26.9 Å². The zero-order valence-electron chi connectivity index (χ0n) is 13.3. The van der Waals surface area contributed by atoms with Crippen molar-refractivity contribution in [2.75, 3.05) is 13.7 Å². The fourth-order valence-electron chi connectivity index (χ4n) is 2.17. The van der Waals surface area contributed by atoms with E-state index in [1.807, 2.05) is 0 Å². The highest BCUT2D eigenvalue weighted by atomic mass is 79.9. The molecule has 124 valence electrons. The van der Waals surface area contributed by atoms with Crippen LogP contribution in [0.5, 0.6) is 5.75 Å². The topological polar surface area (TPSA) is 75.0 Å². The van der Waals surface area contributed by atoms with Gasteiger partial charge in [0.25, 0.3) is 0 Å². The number of fused-ring (bicyclic) bond motifs is 1. The minimum atomic E-state index is -0.784.